The van der Waals surface area contributed by atoms with Gasteiger partial charge in [-0.15, -0.1) is 0 Å². The largest absolute Gasteiger partial charge is 0.445 e. The maximum absolute atomic E-state index is 11.0. The molecule has 0 atom stereocenters. The predicted molar refractivity (Wildman–Crippen MR) is 51.3 cm³/mol. The Balaban J connectivity index is 1.87. The Morgan fingerprint density at radius 2 is 2.00 bits per heavy atom. The van der Waals surface area contributed by atoms with Crippen LogP contribution >= 0.6 is 0 Å². The van der Waals surface area contributed by atoms with Crippen LogP contribution in [0.4, 0.5) is 0 Å². The summed E-state index contributed by atoms with van der Waals surface area (Å²) in [5, 5.41) is 19.6. The van der Waals surface area contributed by atoms with E-state index in [1.807, 2.05) is 6.07 Å². The molecule has 0 saturated carbocycles. The molecule has 14 heavy (non-hydrogen) atoms. The SMILES string of the molecule is [O]c1ccc(CCCCCO)c2c1O2. The van der Waals surface area contributed by atoms with E-state index in [0.29, 0.717) is 5.75 Å². The van der Waals surface area contributed by atoms with Crippen molar-refractivity contribution in [2.24, 2.45) is 0 Å². The summed E-state index contributed by atoms with van der Waals surface area (Å²) in [6.45, 7) is 0.258. The van der Waals surface area contributed by atoms with E-state index in [2.05, 4.69) is 0 Å². The predicted octanol–water partition coefficient (Wildman–Crippen LogP) is 2.64. The Morgan fingerprint density at radius 3 is 2.79 bits per heavy atom. The number of aliphatic hydroxyl groups is 1. The summed E-state index contributed by atoms with van der Waals surface area (Å²) in [5.74, 6) is 1.31. The molecule has 0 saturated heterocycles. The molecule has 0 bridgehead atoms. The summed E-state index contributed by atoms with van der Waals surface area (Å²) in [7, 11) is 0. The van der Waals surface area contributed by atoms with Crippen LogP contribution in [0.25, 0.3) is 0 Å². The van der Waals surface area contributed by atoms with E-state index in [4.69, 9.17) is 9.84 Å². The van der Waals surface area contributed by atoms with Crippen LogP contribution in [-0.2, 0) is 11.5 Å². The Morgan fingerprint density at radius 1 is 1.14 bits per heavy atom. The topological polar surface area (TPSA) is 52.7 Å². The van der Waals surface area contributed by atoms with Gasteiger partial charge in [0.15, 0.2) is 5.75 Å². The second kappa shape index (κ2) is 3.88. The van der Waals surface area contributed by atoms with Crippen molar-refractivity contribution in [3.8, 4) is 17.2 Å². The fourth-order valence-corrected chi connectivity index (χ4v) is 1.58. The lowest BCUT2D eigenvalue weighted by molar-refractivity contribution is 0.283. The van der Waals surface area contributed by atoms with Crippen molar-refractivity contribution in [2.45, 2.75) is 25.7 Å². The van der Waals surface area contributed by atoms with Crippen molar-refractivity contribution < 1.29 is 14.9 Å². The molecule has 2 rings (SSSR count). The molecule has 0 fully saturated rings. The van der Waals surface area contributed by atoms with Gasteiger partial charge in [0, 0.05) is 6.61 Å². The molecule has 1 aromatic rings. The summed E-state index contributed by atoms with van der Waals surface area (Å²) in [6.07, 6.45) is 3.84. The van der Waals surface area contributed by atoms with Gasteiger partial charge in [0.25, 0.3) is 0 Å². The van der Waals surface area contributed by atoms with E-state index < -0.39 is 0 Å². The lowest BCUT2D eigenvalue weighted by Gasteiger charge is -1.97. The minimum atomic E-state index is -0.0147. The van der Waals surface area contributed by atoms with Crippen molar-refractivity contribution in [3.05, 3.63) is 17.7 Å². The number of benzene rings is 1. The van der Waals surface area contributed by atoms with Gasteiger partial charge >= 0.3 is 0 Å². The first-order valence-corrected chi connectivity index (χ1v) is 4.94. The number of hydrogen-bond donors (Lipinski definition) is 1. The highest BCUT2D eigenvalue weighted by Crippen LogP contribution is 2.54. The molecular weight excluding hydrogens is 180 g/mol. The maximum Gasteiger partial charge on any atom is 0.224 e. The zero-order chi connectivity index (χ0) is 9.97. The van der Waals surface area contributed by atoms with E-state index in [-0.39, 0.29) is 12.4 Å². The molecule has 75 valence electrons. The third-order valence-corrected chi connectivity index (χ3v) is 2.42. The third-order valence-electron chi connectivity index (χ3n) is 2.42. The zero-order valence-electron chi connectivity index (χ0n) is 7.95. The van der Waals surface area contributed by atoms with Gasteiger partial charge in [0.2, 0.25) is 11.5 Å². The molecule has 3 nitrogen and oxygen atoms in total. The van der Waals surface area contributed by atoms with Gasteiger partial charge in [0.1, 0.15) is 0 Å². The number of aryl methyl sites for hydroxylation is 1. The Labute approximate surface area is 83.0 Å². The van der Waals surface area contributed by atoms with Crippen molar-refractivity contribution in [3.63, 3.8) is 0 Å². The first kappa shape index (κ1) is 9.34. The Bertz CT molecular complexity index is 334. The maximum atomic E-state index is 11.0. The Hall–Kier alpha value is -1.22. The molecule has 0 aliphatic carbocycles. The monoisotopic (exact) mass is 193 g/mol. The molecule has 3 heteroatoms. The number of hydrogen-bond acceptors (Lipinski definition) is 2. The van der Waals surface area contributed by atoms with Crippen LogP contribution in [0, 0.1) is 0 Å². The van der Waals surface area contributed by atoms with Crippen LogP contribution in [-0.4, -0.2) is 11.7 Å². The zero-order valence-corrected chi connectivity index (χ0v) is 7.95. The normalized spacial score (nSPS) is 12.1. The molecule has 0 spiro atoms. The van der Waals surface area contributed by atoms with E-state index in [9.17, 15) is 5.11 Å². The third kappa shape index (κ3) is 1.82. The van der Waals surface area contributed by atoms with Crippen LogP contribution in [0.3, 0.4) is 0 Å². The average Bonchev–Trinajstić information content (AvgIpc) is 2.96. The molecular formula is C11H13O3. The highest BCUT2D eigenvalue weighted by molar-refractivity contribution is 5.66. The van der Waals surface area contributed by atoms with Crippen molar-refractivity contribution in [1.82, 2.24) is 0 Å². The van der Waals surface area contributed by atoms with Crippen molar-refractivity contribution in [2.75, 3.05) is 6.61 Å². The second-order valence-corrected chi connectivity index (χ2v) is 3.52. The summed E-state index contributed by atoms with van der Waals surface area (Å²) >= 11 is 0. The van der Waals surface area contributed by atoms with Crippen molar-refractivity contribution >= 4 is 0 Å². The molecule has 1 heterocycles. The number of ether oxygens (including phenoxy) is 1. The van der Waals surface area contributed by atoms with Crippen molar-refractivity contribution in [1.29, 1.82) is 0 Å². The van der Waals surface area contributed by atoms with E-state index in [1.165, 1.54) is 0 Å². The first-order chi connectivity index (χ1) is 6.83. The average molecular weight is 193 g/mol. The van der Waals surface area contributed by atoms with E-state index >= 15 is 0 Å². The summed E-state index contributed by atoms with van der Waals surface area (Å²) in [5.41, 5.74) is 1.12. The summed E-state index contributed by atoms with van der Waals surface area (Å²) < 4.78 is 5.09. The van der Waals surface area contributed by atoms with Crippen LogP contribution in [0.1, 0.15) is 24.8 Å². The Kier molecular flexibility index (Phi) is 2.59. The van der Waals surface area contributed by atoms with Crippen LogP contribution < -0.4 is 4.74 Å². The van der Waals surface area contributed by atoms with Crippen LogP contribution in [0.2, 0.25) is 0 Å². The van der Waals surface area contributed by atoms with Gasteiger partial charge in [-0.2, -0.15) is 0 Å². The standard InChI is InChI=1S/C11H13O3/c12-7-3-1-2-4-8-5-6-9(13)11-10(8)14-11/h5-6,12H,1-4,7H2. The van der Waals surface area contributed by atoms with Gasteiger partial charge < -0.3 is 9.84 Å². The minimum Gasteiger partial charge on any atom is -0.445 e. The highest BCUT2D eigenvalue weighted by Gasteiger charge is 2.29. The number of rotatable bonds is 5. The van der Waals surface area contributed by atoms with Gasteiger partial charge in [-0.05, 0) is 30.9 Å². The van der Waals surface area contributed by atoms with Crippen LogP contribution in [0.5, 0.6) is 17.2 Å². The van der Waals surface area contributed by atoms with Gasteiger partial charge in [0.05, 0.1) is 0 Å². The first-order valence-electron chi connectivity index (χ1n) is 4.94. The molecule has 1 aliphatic heterocycles. The molecule has 0 aromatic heterocycles. The number of unbranched alkanes of at least 4 members (excludes halogenated alkanes) is 2. The quantitative estimate of drug-likeness (QED) is 0.586. The van der Waals surface area contributed by atoms with E-state index in [0.717, 1.165) is 37.0 Å². The minimum absolute atomic E-state index is 0.0147. The lowest BCUT2D eigenvalue weighted by Crippen LogP contribution is -1.86. The number of aliphatic hydroxyl groups excluding tert-OH is 1. The fourth-order valence-electron chi connectivity index (χ4n) is 1.58. The molecule has 0 amide bonds. The number of fused-ring (bicyclic) bond motifs is 1. The summed E-state index contributed by atoms with van der Waals surface area (Å²) in [4.78, 5) is 0. The van der Waals surface area contributed by atoms with E-state index in [1.54, 1.807) is 6.07 Å². The lowest BCUT2D eigenvalue weighted by atomic mass is 10.1. The van der Waals surface area contributed by atoms with Crippen LogP contribution in [0.15, 0.2) is 12.1 Å². The second-order valence-electron chi connectivity index (χ2n) is 3.52. The summed E-state index contributed by atoms with van der Waals surface area (Å²) in [6, 6.07) is 3.40. The molecule has 1 aromatic carbocycles. The van der Waals surface area contributed by atoms with Gasteiger partial charge in [-0.1, -0.05) is 12.5 Å². The molecule has 1 radical (unpaired) electrons. The van der Waals surface area contributed by atoms with Gasteiger partial charge in [-0.25, -0.2) is 0 Å². The fraction of sp³-hybridized carbons (Fsp3) is 0.455. The highest BCUT2D eigenvalue weighted by atomic mass is 16.6. The molecule has 0 unspecified atom stereocenters. The molecule has 1 N–H and O–H groups in total. The smallest absolute Gasteiger partial charge is 0.224 e. The molecule has 1 aliphatic rings. The van der Waals surface area contributed by atoms with Gasteiger partial charge in [-0.3, -0.25) is 5.11 Å².